The van der Waals surface area contributed by atoms with Crippen LogP contribution in [0, 0.1) is 0 Å². The molecule has 1 aromatic rings. The van der Waals surface area contributed by atoms with Gasteiger partial charge in [0.1, 0.15) is 0 Å². The van der Waals surface area contributed by atoms with Gasteiger partial charge in [0.2, 0.25) is 0 Å². The minimum atomic E-state index is 0.234. The lowest BCUT2D eigenvalue weighted by Crippen LogP contribution is -2.31. The fourth-order valence-electron chi connectivity index (χ4n) is 1.99. The van der Waals surface area contributed by atoms with Crippen molar-refractivity contribution in [1.29, 1.82) is 0 Å². The monoisotopic (exact) mass is 240 g/mol. The van der Waals surface area contributed by atoms with Crippen LogP contribution >= 0.6 is 0 Å². The Balaban J connectivity index is 2.44. The molecule has 5 heteroatoms. The number of hydrogen-bond acceptors (Lipinski definition) is 4. The first-order valence-electron chi connectivity index (χ1n) is 6.18. The van der Waals surface area contributed by atoms with E-state index in [4.69, 9.17) is 10.8 Å². The summed E-state index contributed by atoms with van der Waals surface area (Å²) in [5.74, 6) is 0. The summed E-state index contributed by atoms with van der Waals surface area (Å²) in [6.07, 6.45) is 6.93. The van der Waals surface area contributed by atoms with E-state index in [9.17, 15) is 0 Å². The van der Waals surface area contributed by atoms with Crippen molar-refractivity contribution in [1.82, 2.24) is 14.7 Å². The second-order valence-electron chi connectivity index (χ2n) is 4.46. The predicted molar refractivity (Wildman–Crippen MR) is 68.6 cm³/mol. The molecule has 0 saturated heterocycles. The summed E-state index contributed by atoms with van der Waals surface area (Å²) in [7, 11) is 4.00. The van der Waals surface area contributed by atoms with E-state index in [1.165, 1.54) is 5.56 Å². The topological polar surface area (TPSA) is 67.3 Å². The maximum Gasteiger partial charge on any atom is 0.0538 e. The number of aromatic nitrogens is 2. The quantitative estimate of drug-likeness (QED) is 0.650. The van der Waals surface area contributed by atoms with Crippen LogP contribution in [0.25, 0.3) is 0 Å². The molecule has 1 unspecified atom stereocenters. The molecule has 1 rings (SSSR count). The largest absolute Gasteiger partial charge is 0.396 e. The lowest BCUT2D eigenvalue weighted by molar-refractivity contribution is 0.236. The number of nitrogens with two attached hydrogens (primary N) is 1. The highest BCUT2D eigenvalue weighted by atomic mass is 16.2. The van der Waals surface area contributed by atoms with Crippen molar-refractivity contribution in [3.05, 3.63) is 18.0 Å². The first-order valence-corrected chi connectivity index (χ1v) is 6.18. The summed E-state index contributed by atoms with van der Waals surface area (Å²) in [6, 6.07) is 0.234. The maximum absolute atomic E-state index is 8.72. The summed E-state index contributed by atoms with van der Waals surface area (Å²) in [5.41, 5.74) is 6.99. The second-order valence-corrected chi connectivity index (χ2v) is 4.46. The van der Waals surface area contributed by atoms with Crippen molar-refractivity contribution in [2.24, 2.45) is 12.8 Å². The van der Waals surface area contributed by atoms with E-state index in [0.717, 1.165) is 25.8 Å². The average molecular weight is 240 g/mol. The van der Waals surface area contributed by atoms with Crippen LogP contribution in [0.3, 0.4) is 0 Å². The van der Waals surface area contributed by atoms with Crippen LogP contribution in [-0.2, 0) is 7.05 Å². The summed E-state index contributed by atoms with van der Waals surface area (Å²) < 4.78 is 1.80. The Bertz CT molecular complexity index is 313. The van der Waals surface area contributed by atoms with Crippen LogP contribution in [0.2, 0.25) is 0 Å². The lowest BCUT2D eigenvalue weighted by Gasteiger charge is -2.26. The third-order valence-electron chi connectivity index (χ3n) is 3.03. The number of aliphatic hydroxyl groups excluding tert-OH is 1. The molecule has 3 N–H and O–H groups in total. The van der Waals surface area contributed by atoms with E-state index < -0.39 is 0 Å². The maximum atomic E-state index is 8.72. The minimum Gasteiger partial charge on any atom is -0.396 e. The summed E-state index contributed by atoms with van der Waals surface area (Å²) >= 11 is 0. The zero-order valence-corrected chi connectivity index (χ0v) is 10.8. The Kier molecular flexibility index (Phi) is 6.18. The SMILES string of the molecule is CN(CCCCCO)C(CN)c1cnn(C)c1. The Labute approximate surface area is 103 Å². The highest BCUT2D eigenvalue weighted by Crippen LogP contribution is 2.17. The van der Waals surface area contributed by atoms with Crippen LogP contribution in [0.1, 0.15) is 30.9 Å². The smallest absolute Gasteiger partial charge is 0.0538 e. The molecule has 0 spiro atoms. The number of hydrogen-bond donors (Lipinski definition) is 2. The van der Waals surface area contributed by atoms with Crippen molar-refractivity contribution >= 4 is 0 Å². The number of unbranched alkanes of at least 4 members (excludes halogenated alkanes) is 2. The van der Waals surface area contributed by atoms with Crippen molar-refractivity contribution < 1.29 is 5.11 Å². The van der Waals surface area contributed by atoms with Gasteiger partial charge < -0.3 is 10.8 Å². The molecule has 1 heterocycles. The number of aryl methyl sites for hydroxylation is 1. The molecule has 0 aliphatic heterocycles. The van der Waals surface area contributed by atoms with Gasteiger partial charge in [-0.25, -0.2) is 0 Å². The van der Waals surface area contributed by atoms with Crippen molar-refractivity contribution in [3.8, 4) is 0 Å². The molecule has 0 bridgehead atoms. The van der Waals surface area contributed by atoms with Crippen molar-refractivity contribution in [2.75, 3.05) is 26.7 Å². The third-order valence-corrected chi connectivity index (χ3v) is 3.03. The molecule has 0 aromatic carbocycles. The normalized spacial score (nSPS) is 13.2. The molecule has 0 saturated carbocycles. The van der Waals surface area contributed by atoms with Gasteiger partial charge in [0.05, 0.1) is 6.20 Å². The Hall–Kier alpha value is -0.910. The predicted octanol–water partition coefficient (Wildman–Crippen LogP) is 0.514. The molecule has 0 amide bonds. The molecule has 98 valence electrons. The standard InChI is InChI=1S/C12H24N4O/c1-15(6-4-3-5-7-17)12(8-13)11-9-14-16(2)10-11/h9-10,12,17H,3-8,13H2,1-2H3. The van der Waals surface area contributed by atoms with Gasteiger partial charge in [-0.1, -0.05) is 0 Å². The molecule has 1 atom stereocenters. The van der Waals surface area contributed by atoms with Gasteiger partial charge in [0.15, 0.2) is 0 Å². The first-order chi connectivity index (χ1) is 8.19. The molecule has 0 aliphatic rings. The van der Waals surface area contributed by atoms with Gasteiger partial charge in [-0.05, 0) is 32.9 Å². The molecular weight excluding hydrogens is 216 g/mol. The zero-order valence-electron chi connectivity index (χ0n) is 10.8. The van der Waals surface area contributed by atoms with E-state index >= 15 is 0 Å². The van der Waals surface area contributed by atoms with Crippen molar-refractivity contribution in [2.45, 2.75) is 25.3 Å². The van der Waals surface area contributed by atoms with Gasteiger partial charge in [-0.15, -0.1) is 0 Å². The highest BCUT2D eigenvalue weighted by Gasteiger charge is 2.16. The molecule has 1 aromatic heterocycles. The Morgan fingerprint density at radius 2 is 2.24 bits per heavy atom. The van der Waals surface area contributed by atoms with Crippen LogP contribution in [0.5, 0.6) is 0 Å². The van der Waals surface area contributed by atoms with Crippen LogP contribution < -0.4 is 5.73 Å². The van der Waals surface area contributed by atoms with E-state index in [1.54, 1.807) is 4.68 Å². The fraction of sp³-hybridized carbons (Fsp3) is 0.750. The first kappa shape index (κ1) is 14.2. The van der Waals surface area contributed by atoms with Gasteiger partial charge >= 0.3 is 0 Å². The summed E-state index contributed by atoms with van der Waals surface area (Å²) in [6.45, 7) is 1.88. The number of rotatable bonds is 8. The number of likely N-dealkylation sites (N-methyl/N-ethyl adjacent to an activating group) is 1. The molecule has 17 heavy (non-hydrogen) atoms. The van der Waals surface area contributed by atoms with Gasteiger partial charge in [0.25, 0.3) is 0 Å². The highest BCUT2D eigenvalue weighted by molar-refractivity contribution is 5.10. The lowest BCUT2D eigenvalue weighted by atomic mass is 10.1. The second kappa shape index (κ2) is 7.42. The number of aliphatic hydroxyl groups is 1. The zero-order chi connectivity index (χ0) is 12.7. The summed E-state index contributed by atoms with van der Waals surface area (Å²) in [4.78, 5) is 2.26. The molecule has 0 aliphatic carbocycles. The van der Waals surface area contributed by atoms with Crippen LogP contribution in [-0.4, -0.2) is 46.5 Å². The molecule has 5 nitrogen and oxygen atoms in total. The van der Waals surface area contributed by atoms with E-state index in [0.29, 0.717) is 6.54 Å². The fourth-order valence-corrected chi connectivity index (χ4v) is 1.99. The van der Waals surface area contributed by atoms with Gasteiger partial charge in [-0.2, -0.15) is 5.10 Å². The van der Waals surface area contributed by atoms with E-state index in [-0.39, 0.29) is 12.6 Å². The van der Waals surface area contributed by atoms with E-state index in [1.807, 2.05) is 19.4 Å². The Morgan fingerprint density at radius 3 is 2.76 bits per heavy atom. The third kappa shape index (κ3) is 4.46. The molecule has 0 fully saturated rings. The van der Waals surface area contributed by atoms with Crippen LogP contribution in [0.4, 0.5) is 0 Å². The van der Waals surface area contributed by atoms with Crippen molar-refractivity contribution in [3.63, 3.8) is 0 Å². The Morgan fingerprint density at radius 1 is 1.47 bits per heavy atom. The van der Waals surface area contributed by atoms with Gasteiger partial charge in [0, 0.05) is 38.0 Å². The van der Waals surface area contributed by atoms with E-state index in [2.05, 4.69) is 17.0 Å². The molecule has 0 radical (unpaired) electrons. The van der Waals surface area contributed by atoms with Crippen LogP contribution in [0.15, 0.2) is 12.4 Å². The average Bonchev–Trinajstić information content (AvgIpc) is 2.72. The van der Waals surface area contributed by atoms with Gasteiger partial charge in [-0.3, -0.25) is 9.58 Å². The summed E-state index contributed by atoms with van der Waals surface area (Å²) in [5, 5.41) is 12.9. The minimum absolute atomic E-state index is 0.234. The molecular formula is C12H24N4O. The number of nitrogens with zero attached hydrogens (tertiary/aromatic N) is 3.